The van der Waals surface area contributed by atoms with E-state index in [0.717, 1.165) is 0 Å². The Morgan fingerprint density at radius 2 is 2.36 bits per heavy atom. The molecule has 0 bridgehead atoms. The molecule has 0 aliphatic carbocycles. The predicted molar refractivity (Wildman–Crippen MR) is 43.6 cm³/mol. The van der Waals surface area contributed by atoms with Crippen LogP contribution in [-0.2, 0) is 0 Å². The molecule has 1 aromatic heterocycles. The molecule has 1 heterocycles. The molecule has 1 rings (SSSR count). The third kappa shape index (κ3) is 1.57. The van der Waals surface area contributed by atoms with Gasteiger partial charge in [-0.25, -0.2) is 4.79 Å². The maximum atomic E-state index is 10.6. The average Bonchev–Trinajstić information content (AvgIpc) is 1.85. The number of carboxylic acids is 1. The molecule has 3 nitrogen and oxygen atoms in total. The minimum atomic E-state index is -0.956. The Kier molecular flexibility index (Phi) is 2.24. The van der Waals surface area contributed by atoms with Gasteiger partial charge < -0.3 is 5.11 Å². The highest BCUT2D eigenvalue weighted by molar-refractivity contribution is 9.10. The van der Waals surface area contributed by atoms with Crippen molar-refractivity contribution in [2.45, 2.75) is 6.92 Å². The summed E-state index contributed by atoms with van der Waals surface area (Å²) in [7, 11) is 0. The summed E-state index contributed by atoms with van der Waals surface area (Å²) in [5.74, 6) is -0.956. The third-order valence-electron chi connectivity index (χ3n) is 1.30. The molecule has 0 aliphatic heterocycles. The van der Waals surface area contributed by atoms with E-state index in [9.17, 15) is 4.79 Å². The van der Waals surface area contributed by atoms with Crippen molar-refractivity contribution >= 4 is 21.9 Å². The Morgan fingerprint density at radius 3 is 2.73 bits per heavy atom. The molecule has 0 unspecified atom stereocenters. The lowest BCUT2D eigenvalue weighted by atomic mass is 10.2. The quantitative estimate of drug-likeness (QED) is 0.779. The first-order chi connectivity index (χ1) is 5.13. The lowest BCUT2D eigenvalue weighted by molar-refractivity contribution is 0.0694. The molecule has 0 aromatic carbocycles. The monoisotopic (exact) mass is 215 g/mol. The summed E-state index contributed by atoms with van der Waals surface area (Å²) in [5.41, 5.74) is 0.749. The lowest BCUT2D eigenvalue weighted by Crippen LogP contribution is -2.02. The molecule has 58 valence electrons. The number of hydrogen-bond donors (Lipinski definition) is 1. The Balaban J connectivity index is 3.32. The van der Waals surface area contributed by atoms with Gasteiger partial charge in [0.1, 0.15) is 0 Å². The number of halogens is 1. The molecule has 0 atom stereocenters. The number of hydrogen-bond acceptors (Lipinski definition) is 2. The van der Waals surface area contributed by atoms with Crippen LogP contribution in [0.3, 0.4) is 0 Å². The summed E-state index contributed by atoms with van der Waals surface area (Å²) in [6, 6.07) is 1.61. The molecule has 1 aromatic rings. The lowest BCUT2D eigenvalue weighted by Gasteiger charge is -2.00. The smallest absolute Gasteiger partial charge is 0.338 e. The summed E-state index contributed by atoms with van der Waals surface area (Å²) >= 11 is 3.13. The number of rotatable bonds is 1. The average molecular weight is 216 g/mol. The summed E-state index contributed by atoms with van der Waals surface area (Å²) in [6.07, 6.45) is 1.56. The maximum absolute atomic E-state index is 10.6. The summed E-state index contributed by atoms with van der Waals surface area (Å²) < 4.78 is 0.567. The molecule has 0 fully saturated rings. The number of aromatic carboxylic acids is 1. The molecule has 0 spiro atoms. The zero-order chi connectivity index (χ0) is 8.43. The van der Waals surface area contributed by atoms with E-state index in [4.69, 9.17) is 5.11 Å². The van der Waals surface area contributed by atoms with Crippen LogP contribution in [-0.4, -0.2) is 16.1 Å². The van der Waals surface area contributed by atoms with Gasteiger partial charge >= 0.3 is 5.97 Å². The number of aryl methyl sites for hydroxylation is 1. The van der Waals surface area contributed by atoms with Crippen LogP contribution in [0, 0.1) is 6.92 Å². The molecule has 1 N–H and O–H groups in total. The van der Waals surface area contributed by atoms with E-state index in [1.54, 1.807) is 19.2 Å². The Hall–Kier alpha value is -0.900. The van der Waals surface area contributed by atoms with Crippen LogP contribution >= 0.6 is 15.9 Å². The van der Waals surface area contributed by atoms with E-state index in [-0.39, 0.29) is 5.56 Å². The highest BCUT2D eigenvalue weighted by Gasteiger charge is 2.10. The summed E-state index contributed by atoms with van der Waals surface area (Å²) in [4.78, 5) is 14.4. The molecule has 11 heavy (non-hydrogen) atoms. The van der Waals surface area contributed by atoms with Gasteiger partial charge in [0.15, 0.2) is 0 Å². The molecule has 0 radical (unpaired) electrons. The molecule has 0 saturated heterocycles. The summed E-state index contributed by atoms with van der Waals surface area (Å²) in [6.45, 7) is 1.66. The van der Waals surface area contributed by atoms with Crippen LogP contribution in [0.4, 0.5) is 0 Å². The number of carbonyl (C=O) groups is 1. The molecule has 0 amide bonds. The van der Waals surface area contributed by atoms with Crippen LogP contribution in [0.1, 0.15) is 16.1 Å². The third-order valence-corrected chi connectivity index (χ3v) is 1.96. The van der Waals surface area contributed by atoms with E-state index in [1.807, 2.05) is 0 Å². The van der Waals surface area contributed by atoms with Crippen LogP contribution < -0.4 is 0 Å². The van der Waals surface area contributed by atoms with Crippen molar-refractivity contribution < 1.29 is 9.90 Å². The fourth-order valence-corrected chi connectivity index (χ4v) is 1.37. The fourth-order valence-electron chi connectivity index (χ4n) is 0.792. The van der Waals surface area contributed by atoms with E-state index >= 15 is 0 Å². The van der Waals surface area contributed by atoms with Crippen LogP contribution in [0.2, 0.25) is 0 Å². The first-order valence-electron chi connectivity index (χ1n) is 2.97. The van der Waals surface area contributed by atoms with Gasteiger partial charge in [-0.3, -0.25) is 4.98 Å². The van der Waals surface area contributed by atoms with Crippen LogP contribution in [0.5, 0.6) is 0 Å². The second-order valence-electron chi connectivity index (χ2n) is 2.06. The van der Waals surface area contributed by atoms with Gasteiger partial charge in [0.05, 0.1) is 11.3 Å². The van der Waals surface area contributed by atoms with Crippen LogP contribution in [0.25, 0.3) is 0 Å². The Bertz CT molecular complexity index is 278. The first-order valence-corrected chi connectivity index (χ1v) is 3.76. The number of carboxylic acid groups (broad SMARTS) is 1. The Morgan fingerprint density at radius 1 is 1.73 bits per heavy atom. The maximum Gasteiger partial charge on any atom is 0.338 e. The number of nitrogens with zero attached hydrogens (tertiary/aromatic N) is 1. The van der Waals surface area contributed by atoms with Gasteiger partial charge in [0.25, 0.3) is 0 Å². The van der Waals surface area contributed by atoms with Crippen LogP contribution in [0.15, 0.2) is 16.7 Å². The number of aromatic nitrogens is 1. The minimum Gasteiger partial charge on any atom is -0.478 e. The zero-order valence-electron chi connectivity index (χ0n) is 5.84. The van der Waals surface area contributed by atoms with Gasteiger partial charge in [-0.2, -0.15) is 0 Å². The van der Waals surface area contributed by atoms with Crippen molar-refractivity contribution in [3.05, 3.63) is 28.0 Å². The molecule has 4 heteroatoms. The normalized spacial score (nSPS) is 9.64. The predicted octanol–water partition coefficient (Wildman–Crippen LogP) is 1.85. The van der Waals surface area contributed by atoms with Gasteiger partial charge in [-0.05, 0) is 28.9 Å². The second-order valence-corrected chi connectivity index (χ2v) is 2.91. The van der Waals surface area contributed by atoms with Crippen molar-refractivity contribution in [1.82, 2.24) is 4.98 Å². The van der Waals surface area contributed by atoms with Crippen molar-refractivity contribution in [1.29, 1.82) is 0 Å². The number of pyridine rings is 1. The molecule has 0 saturated carbocycles. The van der Waals surface area contributed by atoms with E-state index < -0.39 is 5.97 Å². The van der Waals surface area contributed by atoms with Crippen molar-refractivity contribution in [3.63, 3.8) is 0 Å². The van der Waals surface area contributed by atoms with Gasteiger partial charge in [0, 0.05) is 10.7 Å². The highest BCUT2D eigenvalue weighted by Crippen LogP contribution is 2.17. The fraction of sp³-hybridized carbons (Fsp3) is 0.143. The molecule has 0 aliphatic rings. The SMILES string of the molecule is Cc1nccc(Br)c1C(=O)O. The highest BCUT2D eigenvalue weighted by atomic mass is 79.9. The second kappa shape index (κ2) is 3.00. The largest absolute Gasteiger partial charge is 0.478 e. The topological polar surface area (TPSA) is 50.2 Å². The molecular weight excluding hydrogens is 210 g/mol. The van der Waals surface area contributed by atoms with Gasteiger partial charge in [0.2, 0.25) is 0 Å². The van der Waals surface area contributed by atoms with Gasteiger partial charge in [-0.1, -0.05) is 0 Å². The Labute approximate surface area is 72.2 Å². The van der Waals surface area contributed by atoms with Crippen molar-refractivity contribution in [2.75, 3.05) is 0 Å². The standard InChI is InChI=1S/C7H6BrNO2/c1-4-6(7(10)11)5(8)2-3-9-4/h2-3H,1H3,(H,10,11). The molecular formula is C7H6BrNO2. The van der Waals surface area contributed by atoms with Crippen molar-refractivity contribution in [2.24, 2.45) is 0 Å². The van der Waals surface area contributed by atoms with E-state index in [1.165, 1.54) is 0 Å². The first kappa shape index (κ1) is 8.20. The zero-order valence-corrected chi connectivity index (χ0v) is 7.42. The minimum absolute atomic E-state index is 0.229. The van der Waals surface area contributed by atoms with E-state index in [2.05, 4.69) is 20.9 Å². The van der Waals surface area contributed by atoms with Crippen molar-refractivity contribution in [3.8, 4) is 0 Å². The van der Waals surface area contributed by atoms with Gasteiger partial charge in [-0.15, -0.1) is 0 Å². The summed E-state index contributed by atoms with van der Waals surface area (Å²) in [5, 5.41) is 8.68. The van der Waals surface area contributed by atoms with E-state index in [0.29, 0.717) is 10.2 Å².